The molecule has 0 bridgehead atoms. The number of amides is 1. The molecule has 0 atom stereocenters. The molecule has 1 amide bonds. The lowest BCUT2D eigenvalue weighted by atomic mass is 10.2. The van der Waals surface area contributed by atoms with E-state index in [1.165, 1.54) is 7.11 Å². The van der Waals surface area contributed by atoms with E-state index in [1.807, 2.05) is 0 Å². The van der Waals surface area contributed by atoms with Gasteiger partial charge in [-0.3, -0.25) is 4.79 Å². The van der Waals surface area contributed by atoms with E-state index in [1.54, 1.807) is 25.4 Å². The zero-order valence-electron chi connectivity index (χ0n) is 11.6. The summed E-state index contributed by atoms with van der Waals surface area (Å²) in [6, 6.07) is 3.26. The van der Waals surface area contributed by atoms with Crippen molar-refractivity contribution in [2.24, 2.45) is 0 Å². The average Bonchev–Trinajstić information content (AvgIpc) is 2.47. The molecule has 1 aromatic rings. The van der Waals surface area contributed by atoms with Crippen LogP contribution in [0.4, 0.5) is 5.82 Å². The molecule has 0 spiro atoms. The number of nitrogens with zero attached hydrogens (tertiary/aromatic N) is 1. The van der Waals surface area contributed by atoms with Crippen LogP contribution in [0.3, 0.4) is 0 Å². The fraction of sp³-hybridized carbons (Fsp3) is 0.462. The van der Waals surface area contributed by atoms with Crippen LogP contribution in [0, 0.1) is 0 Å². The highest BCUT2D eigenvalue weighted by atomic mass is 16.5. The minimum Gasteiger partial charge on any atom is -0.465 e. The Kier molecular flexibility index (Phi) is 7.05. The van der Waals surface area contributed by atoms with Gasteiger partial charge in [0.25, 0.3) is 0 Å². The first kappa shape index (κ1) is 15.9. The first-order valence-electron chi connectivity index (χ1n) is 6.22. The van der Waals surface area contributed by atoms with Gasteiger partial charge in [0.2, 0.25) is 5.91 Å². The number of carbonyl (C=O) groups is 2. The number of pyridine rings is 1. The number of aromatic nitrogens is 1. The molecule has 0 aliphatic heterocycles. The molecule has 0 fully saturated rings. The Morgan fingerprint density at radius 3 is 2.80 bits per heavy atom. The Balaban J connectivity index is 2.42. The van der Waals surface area contributed by atoms with Crippen molar-refractivity contribution in [3.63, 3.8) is 0 Å². The molecule has 110 valence electrons. The fourth-order valence-corrected chi connectivity index (χ4v) is 1.50. The van der Waals surface area contributed by atoms with Gasteiger partial charge in [-0.25, -0.2) is 9.78 Å². The van der Waals surface area contributed by atoms with Gasteiger partial charge in [0.1, 0.15) is 11.4 Å². The maximum absolute atomic E-state index is 11.5. The van der Waals surface area contributed by atoms with Crippen LogP contribution in [-0.2, 0) is 14.3 Å². The van der Waals surface area contributed by atoms with Gasteiger partial charge < -0.3 is 20.1 Å². The van der Waals surface area contributed by atoms with E-state index in [0.717, 1.165) is 0 Å². The molecule has 7 nitrogen and oxygen atoms in total. The second-order valence-electron chi connectivity index (χ2n) is 3.91. The van der Waals surface area contributed by atoms with E-state index in [4.69, 9.17) is 4.74 Å². The van der Waals surface area contributed by atoms with Crippen LogP contribution >= 0.6 is 0 Å². The third kappa shape index (κ3) is 5.23. The standard InChI is InChI=1S/C13H19N3O4/c1-19-9-8-14-11(17)5-7-16-12-10(13(18)20-2)4-3-6-15-12/h3-4,6H,5,7-9H2,1-2H3,(H,14,17)(H,15,16). The molecule has 20 heavy (non-hydrogen) atoms. The van der Waals surface area contributed by atoms with Crippen LogP contribution in [0.5, 0.6) is 0 Å². The zero-order chi connectivity index (χ0) is 14.8. The van der Waals surface area contributed by atoms with Gasteiger partial charge in [-0.05, 0) is 12.1 Å². The number of hydrogen-bond donors (Lipinski definition) is 2. The average molecular weight is 281 g/mol. The van der Waals surface area contributed by atoms with Crippen LogP contribution in [0.15, 0.2) is 18.3 Å². The number of esters is 1. The predicted molar refractivity (Wildman–Crippen MR) is 73.6 cm³/mol. The molecule has 7 heteroatoms. The first-order valence-corrected chi connectivity index (χ1v) is 6.22. The van der Waals surface area contributed by atoms with Crippen LogP contribution in [0.2, 0.25) is 0 Å². The summed E-state index contributed by atoms with van der Waals surface area (Å²) < 4.78 is 9.49. The van der Waals surface area contributed by atoms with E-state index in [-0.39, 0.29) is 12.3 Å². The maximum Gasteiger partial charge on any atom is 0.341 e. The van der Waals surface area contributed by atoms with E-state index in [2.05, 4.69) is 20.4 Å². The predicted octanol–water partition coefficient (Wildman–Crippen LogP) is 0.433. The van der Waals surface area contributed by atoms with Crippen LogP contribution in [0.25, 0.3) is 0 Å². The summed E-state index contributed by atoms with van der Waals surface area (Å²) in [7, 11) is 2.88. The highest BCUT2D eigenvalue weighted by Crippen LogP contribution is 2.12. The van der Waals surface area contributed by atoms with Gasteiger partial charge in [0.05, 0.1) is 13.7 Å². The van der Waals surface area contributed by atoms with Crippen molar-refractivity contribution in [1.82, 2.24) is 10.3 Å². The fourth-order valence-electron chi connectivity index (χ4n) is 1.50. The number of carbonyl (C=O) groups excluding carboxylic acids is 2. The van der Waals surface area contributed by atoms with Gasteiger partial charge in [0.15, 0.2) is 0 Å². The lowest BCUT2D eigenvalue weighted by Crippen LogP contribution is -2.28. The summed E-state index contributed by atoms with van der Waals surface area (Å²) >= 11 is 0. The summed E-state index contributed by atoms with van der Waals surface area (Å²) in [5.74, 6) is -0.153. The Bertz CT molecular complexity index is 451. The molecule has 1 aromatic heterocycles. The monoisotopic (exact) mass is 281 g/mol. The number of ether oxygens (including phenoxy) is 2. The molecular formula is C13H19N3O4. The molecule has 0 aliphatic carbocycles. The summed E-state index contributed by atoms with van der Waals surface area (Å²) in [4.78, 5) is 27.0. The zero-order valence-corrected chi connectivity index (χ0v) is 11.6. The number of methoxy groups -OCH3 is 2. The summed E-state index contributed by atoms with van der Waals surface area (Å²) in [5.41, 5.74) is 0.342. The van der Waals surface area contributed by atoms with Crippen LogP contribution in [0.1, 0.15) is 16.8 Å². The maximum atomic E-state index is 11.5. The third-order valence-electron chi connectivity index (χ3n) is 2.49. The Morgan fingerprint density at radius 2 is 2.10 bits per heavy atom. The molecule has 0 unspecified atom stereocenters. The molecule has 1 rings (SSSR count). The molecule has 0 radical (unpaired) electrons. The number of nitrogens with one attached hydrogen (secondary N) is 2. The minimum absolute atomic E-state index is 0.0925. The van der Waals surface area contributed by atoms with E-state index in [0.29, 0.717) is 31.1 Å². The van der Waals surface area contributed by atoms with Crippen molar-refractivity contribution >= 4 is 17.7 Å². The molecule has 0 aromatic carbocycles. The van der Waals surface area contributed by atoms with Crippen molar-refractivity contribution in [2.75, 3.05) is 39.2 Å². The Labute approximate surface area is 117 Å². The molecule has 0 aliphatic rings. The van der Waals surface area contributed by atoms with Crippen molar-refractivity contribution in [3.8, 4) is 0 Å². The van der Waals surface area contributed by atoms with Gasteiger partial charge in [-0.1, -0.05) is 0 Å². The number of rotatable bonds is 8. The topological polar surface area (TPSA) is 89.5 Å². The minimum atomic E-state index is -0.467. The van der Waals surface area contributed by atoms with E-state index < -0.39 is 5.97 Å². The number of hydrogen-bond acceptors (Lipinski definition) is 6. The normalized spacial score (nSPS) is 9.90. The highest BCUT2D eigenvalue weighted by molar-refractivity contribution is 5.94. The van der Waals surface area contributed by atoms with E-state index in [9.17, 15) is 9.59 Å². The summed E-state index contributed by atoms with van der Waals surface area (Å²) in [6.07, 6.45) is 1.84. The Hall–Kier alpha value is -2.15. The summed E-state index contributed by atoms with van der Waals surface area (Å²) in [6.45, 7) is 1.33. The molecule has 1 heterocycles. The highest BCUT2D eigenvalue weighted by Gasteiger charge is 2.12. The lowest BCUT2D eigenvalue weighted by Gasteiger charge is -2.09. The largest absolute Gasteiger partial charge is 0.465 e. The van der Waals surface area contributed by atoms with Gasteiger partial charge >= 0.3 is 5.97 Å². The molecular weight excluding hydrogens is 262 g/mol. The van der Waals surface area contributed by atoms with Crippen LogP contribution in [-0.4, -0.2) is 50.8 Å². The van der Waals surface area contributed by atoms with Crippen LogP contribution < -0.4 is 10.6 Å². The molecule has 2 N–H and O–H groups in total. The van der Waals surface area contributed by atoms with E-state index >= 15 is 0 Å². The first-order chi connectivity index (χ1) is 9.69. The molecule has 0 saturated heterocycles. The smallest absolute Gasteiger partial charge is 0.341 e. The van der Waals surface area contributed by atoms with Crippen molar-refractivity contribution in [3.05, 3.63) is 23.9 Å². The summed E-state index contributed by atoms with van der Waals surface area (Å²) in [5, 5.41) is 5.65. The van der Waals surface area contributed by atoms with Gasteiger partial charge in [-0.2, -0.15) is 0 Å². The van der Waals surface area contributed by atoms with Gasteiger partial charge in [0, 0.05) is 32.8 Å². The van der Waals surface area contributed by atoms with Crippen molar-refractivity contribution < 1.29 is 19.1 Å². The second-order valence-corrected chi connectivity index (χ2v) is 3.91. The second kappa shape index (κ2) is 8.87. The SMILES string of the molecule is COCCNC(=O)CCNc1ncccc1C(=O)OC. The third-order valence-corrected chi connectivity index (χ3v) is 2.49. The lowest BCUT2D eigenvalue weighted by molar-refractivity contribution is -0.121. The Morgan fingerprint density at radius 1 is 1.30 bits per heavy atom. The quantitative estimate of drug-likeness (QED) is 0.530. The van der Waals surface area contributed by atoms with Crippen molar-refractivity contribution in [1.29, 1.82) is 0 Å². The van der Waals surface area contributed by atoms with Crippen molar-refractivity contribution in [2.45, 2.75) is 6.42 Å². The van der Waals surface area contributed by atoms with Gasteiger partial charge in [-0.15, -0.1) is 0 Å². The molecule has 0 saturated carbocycles. The number of anilines is 1.